The van der Waals surface area contributed by atoms with Crippen molar-refractivity contribution in [2.45, 2.75) is 18.7 Å². The Labute approximate surface area is 115 Å². The van der Waals surface area contributed by atoms with Crippen LogP contribution >= 0.6 is 23.1 Å². The first kappa shape index (κ1) is 13.2. The van der Waals surface area contributed by atoms with E-state index in [0.29, 0.717) is 0 Å². The first-order chi connectivity index (χ1) is 8.61. The number of nitrogens with one attached hydrogen (secondary N) is 1. The lowest BCUT2D eigenvalue weighted by molar-refractivity contribution is 0.102. The van der Waals surface area contributed by atoms with E-state index in [2.05, 4.69) is 5.32 Å². The van der Waals surface area contributed by atoms with Crippen molar-refractivity contribution in [1.29, 1.82) is 0 Å². The number of anilines is 1. The van der Waals surface area contributed by atoms with Gasteiger partial charge in [-0.2, -0.15) is 0 Å². The number of rotatable bonds is 3. The van der Waals surface area contributed by atoms with Crippen molar-refractivity contribution >= 4 is 34.7 Å². The summed E-state index contributed by atoms with van der Waals surface area (Å²) in [5.74, 6) is -0.0323. The Balaban J connectivity index is 2.18. The zero-order valence-corrected chi connectivity index (χ0v) is 12.2. The molecule has 1 aromatic carbocycles. The van der Waals surface area contributed by atoms with Gasteiger partial charge >= 0.3 is 0 Å². The van der Waals surface area contributed by atoms with E-state index in [0.717, 1.165) is 21.7 Å². The largest absolute Gasteiger partial charge is 0.322 e. The van der Waals surface area contributed by atoms with Crippen LogP contribution in [0.2, 0.25) is 0 Å². The molecule has 0 spiro atoms. The predicted octanol–water partition coefficient (Wildman–Crippen LogP) is 4.34. The van der Waals surface area contributed by atoms with Crippen molar-refractivity contribution in [2.24, 2.45) is 0 Å². The minimum Gasteiger partial charge on any atom is -0.322 e. The Morgan fingerprint density at radius 1 is 1.33 bits per heavy atom. The Bertz CT molecular complexity index is 575. The van der Waals surface area contributed by atoms with E-state index >= 15 is 0 Å². The molecule has 94 valence electrons. The molecule has 0 saturated carbocycles. The first-order valence-corrected chi connectivity index (χ1v) is 7.72. The number of aryl methyl sites for hydroxylation is 1. The van der Waals surface area contributed by atoms with Gasteiger partial charge in [-0.3, -0.25) is 4.79 Å². The molecule has 0 aliphatic heterocycles. The van der Waals surface area contributed by atoms with Crippen LogP contribution in [0.15, 0.2) is 34.5 Å². The topological polar surface area (TPSA) is 29.1 Å². The number of hydrogen-bond acceptors (Lipinski definition) is 3. The molecule has 1 amide bonds. The number of amides is 1. The lowest BCUT2D eigenvalue weighted by Crippen LogP contribution is -2.12. The molecule has 0 fully saturated rings. The predicted molar refractivity (Wildman–Crippen MR) is 80.0 cm³/mol. The summed E-state index contributed by atoms with van der Waals surface area (Å²) in [6.07, 6.45) is 2.02. The zero-order chi connectivity index (χ0) is 13.1. The van der Waals surface area contributed by atoms with E-state index in [4.69, 9.17) is 0 Å². The molecule has 2 nitrogen and oxygen atoms in total. The molecule has 2 aromatic rings. The number of benzene rings is 1. The second-order valence-electron chi connectivity index (χ2n) is 4.02. The maximum atomic E-state index is 12.1. The zero-order valence-electron chi connectivity index (χ0n) is 10.6. The van der Waals surface area contributed by atoms with E-state index < -0.39 is 0 Å². The Hall–Kier alpha value is -1.26. The van der Waals surface area contributed by atoms with Crippen molar-refractivity contribution < 1.29 is 4.79 Å². The highest BCUT2D eigenvalue weighted by Gasteiger charge is 2.12. The number of thioether (sulfide) groups is 1. The third kappa shape index (κ3) is 2.76. The molecule has 1 N–H and O–H groups in total. The molecule has 0 aliphatic carbocycles. The van der Waals surface area contributed by atoms with Crippen LogP contribution in [-0.4, -0.2) is 12.2 Å². The van der Waals surface area contributed by atoms with Gasteiger partial charge in [-0.15, -0.1) is 23.1 Å². The molecular formula is C14H15NOS2. The van der Waals surface area contributed by atoms with Crippen molar-refractivity contribution in [3.63, 3.8) is 0 Å². The lowest BCUT2D eigenvalue weighted by Gasteiger charge is -2.06. The summed E-state index contributed by atoms with van der Waals surface area (Å²) in [5, 5.41) is 4.86. The van der Waals surface area contributed by atoms with Crippen LogP contribution in [0.25, 0.3) is 0 Å². The third-order valence-electron chi connectivity index (χ3n) is 2.86. The molecular weight excluding hydrogens is 262 g/mol. The molecule has 1 heterocycles. The van der Waals surface area contributed by atoms with Crippen LogP contribution in [0, 0.1) is 13.8 Å². The molecule has 0 unspecified atom stereocenters. The highest BCUT2D eigenvalue weighted by molar-refractivity contribution is 7.98. The van der Waals surface area contributed by atoms with Gasteiger partial charge in [-0.25, -0.2) is 0 Å². The van der Waals surface area contributed by atoms with Crippen LogP contribution < -0.4 is 5.32 Å². The van der Waals surface area contributed by atoms with E-state index in [1.165, 1.54) is 4.88 Å². The fourth-order valence-corrected chi connectivity index (χ4v) is 2.96. The Kier molecular flexibility index (Phi) is 4.09. The lowest BCUT2D eigenvalue weighted by atomic mass is 10.1. The molecule has 1 aromatic heterocycles. The normalized spacial score (nSPS) is 10.4. The summed E-state index contributed by atoms with van der Waals surface area (Å²) in [5.41, 5.74) is 2.68. The summed E-state index contributed by atoms with van der Waals surface area (Å²) in [7, 11) is 0. The SMILES string of the molecule is CSc1cccc(NC(=O)c2csc(C)c2C)c1. The van der Waals surface area contributed by atoms with Gasteiger partial charge in [0, 0.05) is 20.8 Å². The molecule has 0 bridgehead atoms. The fraction of sp³-hybridized carbons (Fsp3) is 0.214. The monoisotopic (exact) mass is 277 g/mol. The van der Waals surface area contributed by atoms with Gasteiger partial charge in [0.15, 0.2) is 0 Å². The summed E-state index contributed by atoms with van der Waals surface area (Å²) >= 11 is 3.28. The maximum Gasteiger partial charge on any atom is 0.256 e. The molecule has 18 heavy (non-hydrogen) atoms. The second-order valence-corrected chi connectivity index (χ2v) is 5.98. The van der Waals surface area contributed by atoms with Crippen molar-refractivity contribution in [2.75, 3.05) is 11.6 Å². The molecule has 0 atom stereocenters. The average Bonchev–Trinajstić information content (AvgIpc) is 2.70. The maximum absolute atomic E-state index is 12.1. The van der Waals surface area contributed by atoms with E-state index in [9.17, 15) is 4.79 Å². The molecule has 2 rings (SSSR count). The van der Waals surface area contributed by atoms with Gasteiger partial charge in [0.05, 0.1) is 5.56 Å². The highest BCUT2D eigenvalue weighted by atomic mass is 32.2. The van der Waals surface area contributed by atoms with Gasteiger partial charge in [0.2, 0.25) is 0 Å². The van der Waals surface area contributed by atoms with Crippen LogP contribution in [0.4, 0.5) is 5.69 Å². The first-order valence-electron chi connectivity index (χ1n) is 5.62. The van der Waals surface area contributed by atoms with Gasteiger partial charge in [0.25, 0.3) is 5.91 Å². The second kappa shape index (κ2) is 5.59. The molecule has 0 saturated heterocycles. The van der Waals surface area contributed by atoms with Crippen LogP contribution in [-0.2, 0) is 0 Å². The van der Waals surface area contributed by atoms with Gasteiger partial charge in [-0.05, 0) is 43.9 Å². The molecule has 4 heteroatoms. The molecule has 0 radical (unpaired) electrons. The quantitative estimate of drug-likeness (QED) is 0.846. The van der Waals surface area contributed by atoms with Crippen molar-refractivity contribution in [3.8, 4) is 0 Å². The summed E-state index contributed by atoms with van der Waals surface area (Å²) in [6, 6.07) is 7.87. The van der Waals surface area contributed by atoms with E-state index in [1.807, 2.05) is 49.7 Å². The Morgan fingerprint density at radius 3 is 2.72 bits per heavy atom. The van der Waals surface area contributed by atoms with Crippen LogP contribution in [0.3, 0.4) is 0 Å². The minimum atomic E-state index is -0.0323. The standard InChI is InChI=1S/C14H15NOS2/c1-9-10(2)18-8-13(9)14(16)15-11-5-4-6-12(7-11)17-3/h4-8H,1-3H3,(H,15,16). The Morgan fingerprint density at radius 2 is 2.11 bits per heavy atom. The van der Waals surface area contributed by atoms with E-state index in [1.54, 1.807) is 23.1 Å². The highest BCUT2D eigenvalue weighted by Crippen LogP contribution is 2.23. The fourth-order valence-electron chi connectivity index (χ4n) is 1.64. The number of hydrogen-bond donors (Lipinski definition) is 1. The van der Waals surface area contributed by atoms with Crippen LogP contribution in [0.1, 0.15) is 20.8 Å². The smallest absolute Gasteiger partial charge is 0.256 e. The van der Waals surface area contributed by atoms with Gasteiger partial charge in [-0.1, -0.05) is 6.07 Å². The van der Waals surface area contributed by atoms with Crippen LogP contribution in [0.5, 0.6) is 0 Å². The summed E-state index contributed by atoms with van der Waals surface area (Å²) in [6.45, 7) is 4.02. The number of carbonyl (C=O) groups is 1. The average molecular weight is 277 g/mol. The minimum absolute atomic E-state index is 0.0323. The summed E-state index contributed by atoms with van der Waals surface area (Å²) < 4.78 is 0. The number of carbonyl (C=O) groups excluding carboxylic acids is 1. The number of thiophene rings is 1. The van der Waals surface area contributed by atoms with Crippen molar-refractivity contribution in [1.82, 2.24) is 0 Å². The molecule has 0 aliphatic rings. The summed E-state index contributed by atoms with van der Waals surface area (Å²) in [4.78, 5) is 14.5. The van der Waals surface area contributed by atoms with Gasteiger partial charge in [0.1, 0.15) is 0 Å². The third-order valence-corrected chi connectivity index (χ3v) is 4.60. The van der Waals surface area contributed by atoms with Crippen molar-refractivity contribution in [3.05, 3.63) is 45.6 Å². The van der Waals surface area contributed by atoms with Gasteiger partial charge < -0.3 is 5.32 Å². The van der Waals surface area contributed by atoms with E-state index in [-0.39, 0.29) is 5.91 Å².